The molecule has 0 aromatic carbocycles. The Morgan fingerprint density at radius 3 is 2.91 bits per heavy atom. The molecule has 1 aliphatic rings. The lowest BCUT2D eigenvalue weighted by Crippen LogP contribution is -2.25. The summed E-state index contributed by atoms with van der Waals surface area (Å²) in [5, 5.41) is 0. The molecule has 6 nitrogen and oxygen atoms in total. The van der Waals surface area contributed by atoms with E-state index in [1.165, 1.54) is 6.20 Å². The number of ether oxygens (including phenoxy) is 1. The van der Waals surface area contributed by atoms with Gasteiger partial charge in [0.25, 0.3) is 0 Å². The lowest BCUT2D eigenvalue weighted by Gasteiger charge is -2.16. The Labute approximate surface area is 128 Å². The van der Waals surface area contributed by atoms with Crippen molar-refractivity contribution in [1.82, 2.24) is 14.9 Å². The minimum atomic E-state index is -0.485. The summed E-state index contributed by atoms with van der Waals surface area (Å²) >= 11 is 0. The van der Waals surface area contributed by atoms with Crippen LogP contribution in [0.3, 0.4) is 0 Å². The van der Waals surface area contributed by atoms with Gasteiger partial charge in [-0.15, -0.1) is 0 Å². The molecule has 6 heteroatoms. The van der Waals surface area contributed by atoms with Crippen molar-refractivity contribution >= 4 is 5.91 Å². The molecular weight excluding hydrogens is 280 g/mol. The van der Waals surface area contributed by atoms with E-state index in [0.717, 1.165) is 31.7 Å². The van der Waals surface area contributed by atoms with Crippen molar-refractivity contribution in [3.05, 3.63) is 54.0 Å². The maximum Gasteiger partial charge on any atom is 0.250 e. The van der Waals surface area contributed by atoms with Crippen molar-refractivity contribution in [3.63, 3.8) is 0 Å². The summed E-state index contributed by atoms with van der Waals surface area (Å²) in [6, 6.07) is 9.25. The molecule has 22 heavy (non-hydrogen) atoms. The summed E-state index contributed by atoms with van der Waals surface area (Å²) in [4.78, 5) is 21.8. The molecule has 2 aromatic rings. The van der Waals surface area contributed by atoms with E-state index in [0.29, 0.717) is 11.4 Å². The zero-order valence-corrected chi connectivity index (χ0v) is 12.2. The highest BCUT2D eigenvalue weighted by Crippen LogP contribution is 2.18. The molecule has 0 saturated carbocycles. The molecule has 1 aliphatic heterocycles. The molecule has 114 valence electrons. The third-order valence-corrected chi connectivity index (χ3v) is 3.65. The smallest absolute Gasteiger partial charge is 0.250 e. The lowest BCUT2D eigenvalue weighted by molar-refractivity contribution is 0.1000. The van der Waals surface area contributed by atoms with E-state index in [2.05, 4.69) is 14.9 Å². The molecule has 1 amide bonds. The van der Waals surface area contributed by atoms with Gasteiger partial charge in [-0.3, -0.25) is 14.7 Å². The topological polar surface area (TPSA) is 81.3 Å². The zero-order valence-electron chi connectivity index (χ0n) is 12.2. The first-order valence-electron chi connectivity index (χ1n) is 7.25. The highest BCUT2D eigenvalue weighted by molar-refractivity contribution is 5.92. The van der Waals surface area contributed by atoms with E-state index in [-0.39, 0.29) is 6.10 Å². The second-order valence-corrected chi connectivity index (χ2v) is 5.33. The third kappa shape index (κ3) is 3.59. The first kappa shape index (κ1) is 14.5. The first-order chi connectivity index (χ1) is 10.7. The summed E-state index contributed by atoms with van der Waals surface area (Å²) in [5.74, 6) is 0.0381. The number of amides is 1. The number of carbonyl (C=O) groups excluding carboxylic acids is 1. The maximum atomic E-state index is 11.0. The Kier molecular flexibility index (Phi) is 4.29. The number of aromatic nitrogens is 2. The Morgan fingerprint density at radius 1 is 1.32 bits per heavy atom. The SMILES string of the molecule is NC(=O)c1ccc(OC2CCN(Cc3ccccn3)C2)nc1. The Hall–Kier alpha value is -2.47. The fourth-order valence-corrected chi connectivity index (χ4v) is 2.52. The summed E-state index contributed by atoms with van der Waals surface area (Å²) in [5.41, 5.74) is 6.63. The van der Waals surface area contributed by atoms with Gasteiger partial charge in [0, 0.05) is 38.1 Å². The summed E-state index contributed by atoms with van der Waals surface area (Å²) < 4.78 is 5.85. The zero-order chi connectivity index (χ0) is 15.4. The van der Waals surface area contributed by atoms with Crippen molar-refractivity contribution in [2.24, 2.45) is 5.73 Å². The normalized spacial score (nSPS) is 18.3. The maximum absolute atomic E-state index is 11.0. The van der Waals surface area contributed by atoms with Crippen LogP contribution in [0.4, 0.5) is 0 Å². The van der Waals surface area contributed by atoms with Gasteiger partial charge in [0.15, 0.2) is 0 Å². The summed E-state index contributed by atoms with van der Waals surface area (Å²) in [6.07, 6.45) is 4.31. The second kappa shape index (κ2) is 6.53. The number of likely N-dealkylation sites (tertiary alicyclic amines) is 1. The predicted octanol–water partition coefficient (Wildman–Crippen LogP) is 1.23. The summed E-state index contributed by atoms with van der Waals surface area (Å²) in [7, 11) is 0. The van der Waals surface area contributed by atoms with E-state index >= 15 is 0 Å². The van der Waals surface area contributed by atoms with Crippen molar-refractivity contribution < 1.29 is 9.53 Å². The van der Waals surface area contributed by atoms with Crippen LogP contribution in [-0.4, -0.2) is 40.0 Å². The molecule has 3 heterocycles. The standard InChI is InChI=1S/C16H18N4O2/c17-16(21)12-4-5-15(19-9-12)22-14-6-8-20(11-14)10-13-3-1-2-7-18-13/h1-5,7,9,14H,6,8,10-11H2,(H2,17,21). The van der Waals surface area contributed by atoms with Crippen molar-refractivity contribution in [1.29, 1.82) is 0 Å². The van der Waals surface area contributed by atoms with Crippen molar-refractivity contribution in [3.8, 4) is 5.88 Å². The van der Waals surface area contributed by atoms with Crippen molar-refractivity contribution in [2.75, 3.05) is 13.1 Å². The minimum Gasteiger partial charge on any atom is -0.473 e. The van der Waals surface area contributed by atoms with Crippen LogP contribution in [0, 0.1) is 0 Å². The van der Waals surface area contributed by atoms with Crippen molar-refractivity contribution in [2.45, 2.75) is 19.1 Å². The molecule has 0 bridgehead atoms. The number of nitrogens with zero attached hydrogens (tertiary/aromatic N) is 3. The van der Waals surface area contributed by atoms with Gasteiger partial charge >= 0.3 is 0 Å². The van der Waals surface area contributed by atoms with Gasteiger partial charge in [-0.05, 0) is 24.6 Å². The number of hydrogen-bond donors (Lipinski definition) is 1. The third-order valence-electron chi connectivity index (χ3n) is 3.65. The summed E-state index contributed by atoms with van der Waals surface area (Å²) in [6.45, 7) is 2.64. The lowest BCUT2D eigenvalue weighted by atomic mass is 10.3. The second-order valence-electron chi connectivity index (χ2n) is 5.33. The number of hydrogen-bond acceptors (Lipinski definition) is 5. The quantitative estimate of drug-likeness (QED) is 0.898. The van der Waals surface area contributed by atoms with Crippen LogP contribution in [0.2, 0.25) is 0 Å². The highest BCUT2D eigenvalue weighted by Gasteiger charge is 2.24. The molecule has 3 rings (SSSR count). The van der Waals surface area contributed by atoms with Gasteiger partial charge in [-0.2, -0.15) is 0 Å². The van der Waals surface area contributed by atoms with E-state index < -0.39 is 5.91 Å². The first-order valence-corrected chi connectivity index (χ1v) is 7.25. The van der Waals surface area contributed by atoms with Crippen LogP contribution in [0.5, 0.6) is 5.88 Å². The fourth-order valence-electron chi connectivity index (χ4n) is 2.52. The molecule has 1 unspecified atom stereocenters. The van der Waals surface area contributed by atoms with Gasteiger partial charge in [-0.1, -0.05) is 6.07 Å². The van der Waals surface area contributed by atoms with Crippen LogP contribution in [0.15, 0.2) is 42.7 Å². The van der Waals surface area contributed by atoms with Crippen LogP contribution in [-0.2, 0) is 6.54 Å². The molecule has 2 N–H and O–H groups in total. The van der Waals surface area contributed by atoms with E-state index in [9.17, 15) is 4.79 Å². The number of rotatable bonds is 5. The van der Waals surface area contributed by atoms with E-state index in [1.807, 2.05) is 24.4 Å². The Bertz CT molecular complexity index is 630. The largest absolute Gasteiger partial charge is 0.473 e. The highest BCUT2D eigenvalue weighted by atomic mass is 16.5. The molecule has 1 atom stereocenters. The van der Waals surface area contributed by atoms with E-state index in [1.54, 1.807) is 12.1 Å². The monoisotopic (exact) mass is 298 g/mol. The average molecular weight is 298 g/mol. The number of nitrogens with two attached hydrogens (primary N) is 1. The molecule has 0 spiro atoms. The van der Waals surface area contributed by atoms with Gasteiger partial charge in [-0.25, -0.2) is 4.98 Å². The molecule has 0 aliphatic carbocycles. The predicted molar refractivity (Wildman–Crippen MR) is 81.3 cm³/mol. The molecule has 0 radical (unpaired) electrons. The van der Waals surface area contributed by atoms with Crippen LogP contribution < -0.4 is 10.5 Å². The Balaban J connectivity index is 1.53. The van der Waals surface area contributed by atoms with Gasteiger partial charge < -0.3 is 10.5 Å². The van der Waals surface area contributed by atoms with Gasteiger partial charge in [0.05, 0.1) is 11.3 Å². The fraction of sp³-hybridized carbons (Fsp3) is 0.312. The van der Waals surface area contributed by atoms with Crippen LogP contribution in [0.25, 0.3) is 0 Å². The molecule has 1 fully saturated rings. The van der Waals surface area contributed by atoms with Gasteiger partial charge in [0.2, 0.25) is 11.8 Å². The Morgan fingerprint density at radius 2 is 2.23 bits per heavy atom. The molecular formula is C16H18N4O2. The van der Waals surface area contributed by atoms with Crippen LogP contribution in [0.1, 0.15) is 22.5 Å². The molecule has 1 saturated heterocycles. The van der Waals surface area contributed by atoms with Gasteiger partial charge in [0.1, 0.15) is 6.10 Å². The van der Waals surface area contributed by atoms with E-state index in [4.69, 9.17) is 10.5 Å². The number of primary amides is 1. The number of pyridine rings is 2. The average Bonchev–Trinajstić information content (AvgIpc) is 2.96. The molecule has 2 aromatic heterocycles. The minimum absolute atomic E-state index is 0.107. The van der Waals surface area contributed by atoms with Crippen LogP contribution >= 0.6 is 0 Å². The number of carbonyl (C=O) groups is 1.